The summed E-state index contributed by atoms with van der Waals surface area (Å²) in [6.45, 7) is 4.15. The van der Waals surface area contributed by atoms with Crippen LogP contribution in [-0.4, -0.2) is 11.6 Å². The lowest BCUT2D eigenvalue weighted by atomic mass is 10.1. The number of hydrogen-bond acceptors (Lipinski definition) is 2. The molecular weight excluding hydrogens is 174 g/mol. The first kappa shape index (κ1) is 8.75. The van der Waals surface area contributed by atoms with Gasteiger partial charge in [0.25, 0.3) is 0 Å². The molecule has 0 amide bonds. The highest BCUT2D eigenvalue weighted by atomic mass is 16.5. The van der Waals surface area contributed by atoms with Gasteiger partial charge in [0.15, 0.2) is 0 Å². The molecule has 0 unspecified atom stereocenters. The third-order valence-electron chi connectivity index (χ3n) is 2.00. The number of fused-ring (bicyclic) bond motifs is 1. The topological polar surface area (TPSA) is 22.1 Å². The Kier molecular flexibility index (Phi) is 2.45. The minimum atomic E-state index is 0.529. The SMILES string of the molecule is C=CCOc1cccc2cnccc12. The fraction of sp³-hybridized carbons (Fsp3) is 0.0833. The summed E-state index contributed by atoms with van der Waals surface area (Å²) in [7, 11) is 0. The van der Waals surface area contributed by atoms with Gasteiger partial charge in [-0.2, -0.15) is 0 Å². The van der Waals surface area contributed by atoms with Crippen LogP contribution in [0.1, 0.15) is 0 Å². The number of benzene rings is 1. The quantitative estimate of drug-likeness (QED) is 0.686. The van der Waals surface area contributed by atoms with E-state index in [1.807, 2.05) is 30.5 Å². The van der Waals surface area contributed by atoms with Gasteiger partial charge < -0.3 is 4.74 Å². The zero-order valence-corrected chi connectivity index (χ0v) is 7.81. The average Bonchev–Trinajstić information content (AvgIpc) is 2.26. The molecule has 14 heavy (non-hydrogen) atoms. The zero-order chi connectivity index (χ0) is 9.80. The summed E-state index contributed by atoms with van der Waals surface area (Å²) in [5.74, 6) is 0.879. The summed E-state index contributed by atoms with van der Waals surface area (Å²) < 4.78 is 5.52. The number of aromatic nitrogens is 1. The number of ether oxygens (including phenoxy) is 1. The Morgan fingerprint density at radius 1 is 1.36 bits per heavy atom. The molecule has 0 N–H and O–H groups in total. The summed E-state index contributed by atoms with van der Waals surface area (Å²) >= 11 is 0. The third-order valence-corrected chi connectivity index (χ3v) is 2.00. The second kappa shape index (κ2) is 3.92. The number of nitrogens with zero attached hydrogens (tertiary/aromatic N) is 1. The van der Waals surface area contributed by atoms with Gasteiger partial charge in [-0.05, 0) is 12.1 Å². The summed E-state index contributed by atoms with van der Waals surface area (Å²) in [6, 6.07) is 7.88. The Bertz CT molecular complexity index is 446. The van der Waals surface area contributed by atoms with E-state index in [0.717, 1.165) is 16.5 Å². The van der Waals surface area contributed by atoms with Crippen molar-refractivity contribution in [1.82, 2.24) is 4.98 Å². The van der Waals surface area contributed by atoms with E-state index in [9.17, 15) is 0 Å². The molecule has 2 rings (SSSR count). The predicted octanol–water partition coefficient (Wildman–Crippen LogP) is 2.80. The third kappa shape index (κ3) is 1.59. The van der Waals surface area contributed by atoms with Gasteiger partial charge in [0.2, 0.25) is 0 Å². The van der Waals surface area contributed by atoms with Gasteiger partial charge in [0.1, 0.15) is 12.4 Å². The van der Waals surface area contributed by atoms with E-state index in [-0.39, 0.29) is 0 Å². The molecular formula is C12H11NO. The Hall–Kier alpha value is -1.83. The summed E-state index contributed by atoms with van der Waals surface area (Å²) in [4.78, 5) is 4.06. The van der Waals surface area contributed by atoms with Crippen molar-refractivity contribution in [3.63, 3.8) is 0 Å². The van der Waals surface area contributed by atoms with Gasteiger partial charge in [0, 0.05) is 23.2 Å². The second-order valence-corrected chi connectivity index (χ2v) is 2.95. The second-order valence-electron chi connectivity index (χ2n) is 2.95. The van der Waals surface area contributed by atoms with Gasteiger partial charge in [-0.1, -0.05) is 24.8 Å². The average molecular weight is 185 g/mol. The van der Waals surface area contributed by atoms with Gasteiger partial charge in [-0.15, -0.1) is 0 Å². The molecule has 0 aliphatic heterocycles. The number of pyridine rings is 1. The molecule has 0 saturated carbocycles. The van der Waals surface area contributed by atoms with E-state index < -0.39 is 0 Å². The maximum Gasteiger partial charge on any atom is 0.127 e. The van der Waals surface area contributed by atoms with Gasteiger partial charge in [0.05, 0.1) is 0 Å². The van der Waals surface area contributed by atoms with E-state index in [4.69, 9.17) is 4.74 Å². The maximum absolute atomic E-state index is 5.52. The molecule has 1 aromatic heterocycles. The molecule has 70 valence electrons. The van der Waals surface area contributed by atoms with Crippen LogP contribution in [0.4, 0.5) is 0 Å². The maximum atomic E-state index is 5.52. The minimum absolute atomic E-state index is 0.529. The molecule has 1 aromatic carbocycles. The van der Waals surface area contributed by atoms with E-state index in [2.05, 4.69) is 11.6 Å². The van der Waals surface area contributed by atoms with Crippen LogP contribution in [0.15, 0.2) is 49.3 Å². The molecule has 2 aromatic rings. The van der Waals surface area contributed by atoms with E-state index in [0.29, 0.717) is 6.61 Å². The highest BCUT2D eigenvalue weighted by molar-refractivity contribution is 5.87. The number of hydrogen-bond donors (Lipinski definition) is 0. The van der Waals surface area contributed by atoms with Crippen molar-refractivity contribution >= 4 is 10.8 Å². The Balaban J connectivity index is 2.48. The molecule has 0 aliphatic rings. The Morgan fingerprint density at radius 2 is 2.29 bits per heavy atom. The van der Waals surface area contributed by atoms with Crippen molar-refractivity contribution in [2.45, 2.75) is 0 Å². The van der Waals surface area contributed by atoms with Crippen molar-refractivity contribution in [3.05, 3.63) is 49.3 Å². The van der Waals surface area contributed by atoms with Crippen LogP contribution in [-0.2, 0) is 0 Å². The molecule has 0 fully saturated rings. The Labute approximate surface area is 82.9 Å². The molecule has 0 spiro atoms. The largest absolute Gasteiger partial charge is 0.489 e. The minimum Gasteiger partial charge on any atom is -0.489 e. The fourth-order valence-corrected chi connectivity index (χ4v) is 1.37. The summed E-state index contributed by atoms with van der Waals surface area (Å²) in [6.07, 6.45) is 5.33. The van der Waals surface area contributed by atoms with Crippen LogP contribution in [0.3, 0.4) is 0 Å². The fourth-order valence-electron chi connectivity index (χ4n) is 1.37. The first-order chi connectivity index (χ1) is 6.92. The highest BCUT2D eigenvalue weighted by Crippen LogP contribution is 2.24. The van der Waals surface area contributed by atoms with Crippen LogP contribution in [0.2, 0.25) is 0 Å². The van der Waals surface area contributed by atoms with Crippen molar-refractivity contribution in [2.75, 3.05) is 6.61 Å². The van der Waals surface area contributed by atoms with Crippen molar-refractivity contribution in [2.24, 2.45) is 0 Å². The molecule has 0 bridgehead atoms. The molecule has 0 atom stereocenters. The van der Waals surface area contributed by atoms with E-state index >= 15 is 0 Å². The van der Waals surface area contributed by atoms with Crippen molar-refractivity contribution in [1.29, 1.82) is 0 Å². The smallest absolute Gasteiger partial charge is 0.127 e. The molecule has 2 heteroatoms. The molecule has 0 saturated heterocycles. The standard InChI is InChI=1S/C12H11NO/c1-2-8-14-12-5-3-4-10-9-13-7-6-11(10)12/h2-7,9H,1,8H2. The van der Waals surface area contributed by atoms with Crippen LogP contribution >= 0.6 is 0 Å². The van der Waals surface area contributed by atoms with Crippen molar-refractivity contribution < 1.29 is 4.74 Å². The van der Waals surface area contributed by atoms with Crippen molar-refractivity contribution in [3.8, 4) is 5.75 Å². The molecule has 0 aliphatic carbocycles. The Morgan fingerprint density at radius 3 is 3.14 bits per heavy atom. The van der Waals surface area contributed by atoms with Crippen LogP contribution in [0, 0.1) is 0 Å². The summed E-state index contributed by atoms with van der Waals surface area (Å²) in [5.41, 5.74) is 0. The lowest BCUT2D eigenvalue weighted by Crippen LogP contribution is -1.93. The van der Waals surface area contributed by atoms with Crippen LogP contribution in [0.25, 0.3) is 10.8 Å². The van der Waals surface area contributed by atoms with Gasteiger partial charge in [-0.3, -0.25) is 4.98 Å². The molecule has 0 radical (unpaired) electrons. The normalized spacial score (nSPS) is 10.0. The van der Waals surface area contributed by atoms with Gasteiger partial charge in [-0.25, -0.2) is 0 Å². The van der Waals surface area contributed by atoms with Gasteiger partial charge >= 0.3 is 0 Å². The molecule has 2 nitrogen and oxygen atoms in total. The summed E-state index contributed by atoms with van der Waals surface area (Å²) in [5, 5.41) is 2.18. The van der Waals surface area contributed by atoms with Crippen LogP contribution in [0.5, 0.6) is 5.75 Å². The van der Waals surface area contributed by atoms with E-state index in [1.165, 1.54) is 0 Å². The highest BCUT2D eigenvalue weighted by Gasteiger charge is 1.99. The monoisotopic (exact) mass is 185 g/mol. The zero-order valence-electron chi connectivity index (χ0n) is 7.81. The lowest BCUT2D eigenvalue weighted by molar-refractivity contribution is 0.367. The predicted molar refractivity (Wildman–Crippen MR) is 57.4 cm³/mol. The van der Waals surface area contributed by atoms with Crippen LogP contribution < -0.4 is 4.74 Å². The molecule has 1 heterocycles. The van der Waals surface area contributed by atoms with E-state index in [1.54, 1.807) is 12.3 Å². The first-order valence-electron chi connectivity index (χ1n) is 4.48. The lowest BCUT2D eigenvalue weighted by Gasteiger charge is -2.06. The number of rotatable bonds is 3. The first-order valence-corrected chi connectivity index (χ1v) is 4.48.